The minimum Gasteiger partial charge on any atom is -0.383 e. The van der Waals surface area contributed by atoms with E-state index < -0.39 is 6.04 Å². The predicted molar refractivity (Wildman–Crippen MR) is 97.6 cm³/mol. The fraction of sp³-hybridized carbons (Fsp3) is 0.529. The van der Waals surface area contributed by atoms with Crippen LogP contribution in [0.4, 0.5) is 16.2 Å². The van der Waals surface area contributed by atoms with Gasteiger partial charge in [-0.2, -0.15) is 0 Å². The van der Waals surface area contributed by atoms with Crippen LogP contribution in [-0.4, -0.2) is 62.8 Å². The van der Waals surface area contributed by atoms with E-state index in [-0.39, 0.29) is 24.6 Å². The van der Waals surface area contributed by atoms with Crippen LogP contribution >= 0.6 is 0 Å². The first-order valence-electron chi connectivity index (χ1n) is 8.39. The average molecular weight is 349 g/mol. The number of hydrogen-bond acceptors (Lipinski definition) is 5. The van der Waals surface area contributed by atoms with Gasteiger partial charge in [0.2, 0.25) is 5.91 Å². The highest BCUT2D eigenvalue weighted by Gasteiger charge is 2.18. The number of hydrogen-bond donors (Lipinski definition) is 4. The number of carbonyl (C=O) groups is 2. The number of amides is 3. The summed E-state index contributed by atoms with van der Waals surface area (Å²) in [5, 5.41) is 8.49. The van der Waals surface area contributed by atoms with E-state index >= 15 is 0 Å². The molecule has 3 amide bonds. The van der Waals surface area contributed by atoms with E-state index in [2.05, 4.69) is 27.9 Å². The smallest absolute Gasteiger partial charge is 0.319 e. The van der Waals surface area contributed by atoms with Crippen LogP contribution in [0.25, 0.3) is 0 Å². The third-order valence-electron chi connectivity index (χ3n) is 4.15. The maximum atomic E-state index is 12.1. The van der Waals surface area contributed by atoms with E-state index in [1.807, 2.05) is 0 Å². The zero-order valence-corrected chi connectivity index (χ0v) is 14.7. The fourth-order valence-electron chi connectivity index (χ4n) is 2.63. The van der Waals surface area contributed by atoms with Gasteiger partial charge in [0.15, 0.2) is 0 Å². The van der Waals surface area contributed by atoms with Gasteiger partial charge in [0.1, 0.15) is 6.04 Å². The molecule has 138 valence electrons. The van der Waals surface area contributed by atoms with Crippen molar-refractivity contribution in [3.05, 3.63) is 24.3 Å². The molecule has 1 fully saturated rings. The molecule has 2 rings (SSSR count). The lowest BCUT2D eigenvalue weighted by atomic mass is 10.1. The number of benzene rings is 1. The third-order valence-corrected chi connectivity index (χ3v) is 4.15. The van der Waals surface area contributed by atoms with Gasteiger partial charge in [-0.15, -0.1) is 0 Å². The Morgan fingerprint density at radius 1 is 1.20 bits per heavy atom. The molecular formula is C17H27N5O3. The Hall–Kier alpha value is -2.16. The third kappa shape index (κ3) is 6.33. The van der Waals surface area contributed by atoms with E-state index in [1.54, 1.807) is 24.3 Å². The summed E-state index contributed by atoms with van der Waals surface area (Å²) >= 11 is 0. The Bertz CT molecular complexity index is 570. The predicted octanol–water partition coefficient (Wildman–Crippen LogP) is 0.815. The van der Waals surface area contributed by atoms with Gasteiger partial charge in [-0.1, -0.05) is 0 Å². The molecular weight excluding hydrogens is 322 g/mol. The topological polar surface area (TPSA) is 109 Å². The maximum absolute atomic E-state index is 12.1. The summed E-state index contributed by atoms with van der Waals surface area (Å²) in [7, 11) is 3.57. The van der Waals surface area contributed by atoms with Gasteiger partial charge in [0, 0.05) is 24.5 Å². The molecule has 0 aliphatic carbocycles. The Labute approximate surface area is 148 Å². The van der Waals surface area contributed by atoms with Crippen molar-refractivity contribution in [2.45, 2.75) is 24.9 Å². The Morgan fingerprint density at radius 2 is 1.76 bits per heavy atom. The van der Waals surface area contributed by atoms with Gasteiger partial charge in [-0.3, -0.25) is 4.79 Å². The summed E-state index contributed by atoms with van der Waals surface area (Å²) in [6.07, 6.45) is 1.91. The van der Waals surface area contributed by atoms with Crippen molar-refractivity contribution in [2.75, 3.05) is 44.5 Å². The van der Waals surface area contributed by atoms with Crippen LogP contribution in [-0.2, 0) is 9.53 Å². The summed E-state index contributed by atoms with van der Waals surface area (Å²) in [6, 6.07) is 6.15. The Morgan fingerprint density at radius 3 is 2.32 bits per heavy atom. The zero-order chi connectivity index (χ0) is 18.2. The minimum absolute atomic E-state index is 0.155. The summed E-state index contributed by atoms with van der Waals surface area (Å²) in [5.74, 6) is -0.317. The molecule has 0 bridgehead atoms. The molecule has 1 aliphatic rings. The van der Waals surface area contributed by atoms with Gasteiger partial charge >= 0.3 is 6.03 Å². The lowest BCUT2D eigenvalue weighted by Crippen LogP contribution is -2.44. The molecule has 8 nitrogen and oxygen atoms in total. The molecule has 1 aromatic rings. The van der Waals surface area contributed by atoms with Gasteiger partial charge in [-0.25, -0.2) is 4.79 Å². The van der Waals surface area contributed by atoms with E-state index in [9.17, 15) is 9.59 Å². The number of carbonyl (C=O) groups excluding carboxylic acids is 2. The average Bonchev–Trinajstić information content (AvgIpc) is 2.59. The van der Waals surface area contributed by atoms with E-state index in [1.165, 1.54) is 7.11 Å². The number of ether oxygens (including phenoxy) is 1. The highest BCUT2D eigenvalue weighted by Crippen LogP contribution is 2.14. The quantitative estimate of drug-likeness (QED) is 0.608. The van der Waals surface area contributed by atoms with Crippen LogP contribution < -0.4 is 21.7 Å². The van der Waals surface area contributed by atoms with Gasteiger partial charge in [0.25, 0.3) is 0 Å². The first kappa shape index (κ1) is 19.2. The van der Waals surface area contributed by atoms with Crippen molar-refractivity contribution in [1.82, 2.24) is 10.2 Å². The molecule has 1 unspecified atom stereocenters. The Kier molecular flexibility index (Phi) is 7.17. The summed E-state index contributed by atoms with van der Waals surface area (Å²) < 4.78 is 4.85. The van der Waals surface area contributed by atoms with Crippen molar-refractivity contribution in [3.63, 3.8) is 0 Å². The molecule has 1 aromatic carbocycles. The highest BCUT2D eigenvalue weighted by atomic mass is 16.5. The van der Waals surface area contributed by atoms with Crippen molar-refractivity contribution in [1.29, 1.82) is 0 Å². The number of methoxy groups -OCH3 is 1. The van der Waals surface area contributed by atoms with Crippen LogP contribution in [0.15, 0.2) is 24.3 Å². The second-order valence-electron chi connectivity index (χ2n) is 6.30. The largest absolute Gasteiger partial charge is 0.383 e. The number of nitrogens with two attached hydrogens (primary N) is 1. The monoisotopic (exact) mass is 349 g/mol. The normalized spacial score (nSPS) is 16.9. The molecule has 25 heavy (non-hydrogen) atoms. The second-order valence-corrected chi connectivity index (χ2v) is 6.30. The van der Waals surface area contributed by atoms with Crippen molar-refractivity contribution in [2.24, 2.45) is 5.73 Å². The summed E-state index contributed by atoms with van der Waals surface area (Å²) in [6.45, 7) is 2.14. The van der Waals surface area contributed by atoms with Crippen molar-refractivity contribution < 1.29 is 14.3 Å². The molecule has 1 aliphatic heterocycles. The number of likely N-dealkylation sites (tertiary alicyclic amines) is 1. The number of piperidine rings is 1. The van der Waals surface area contributed by atoms with Crippen LogP contribution in [0, 0.1) is 0 Å². The maximum Gasteiger partial charge on any atom is 0.319 e. The van der Waals surface area contributed by atoms with Crippen molar-refractivity contribution >= 4 is 23.3 Å². The first-order valence-corrected chi connectivity index (χ1v) is 8.39. The lowest BCUT2D eigenvalue weighted by Gasteiger charge is -2.29. The molecule has 8 heteroatoms. The zero-order valence-electron chi connectivity index (χ0n) is 14.7. The summed E-state index contributed by atoms with van der Waals surface area (Å²) in [5.41, 5.74) is 6.93. The van der Waals surface area contributed by atoms with Crippen LogP contribution in [0.2, 0.25) is 0 Å². The number of rotatable bonds is 6. The Balaban J connectivity index is 1.79. The first-order chi connectivity index (χ1) is 12.0. The van der Waals surface area contributed by atoms with Gasteiger partial charge < -0.3 is 31.3 Å². The number of nitrogens with zero attached hydrogens (tertiary/aromatic N) is 1. The van der Waals surface area contributed by atoms with Crippen LogP contribution in [0.1, 0.15) is 12.8 Å². The number of urea groups is 1. The number of nitrogens with one attached hydrogen (secondary N) is 3. The van der Waals surface area contributed by atoms with Gasteiger partial charge in [-0.05, 0) is 57.2 Å². The highest BCUT2D eigenvalue weighted by molar-refractivity contribution is 5.95. The van der Waals surface area contributed by atoms with E-state index in [0.29, 0.717) is 11.4 Å². The number of anilines is 2. The fourth-order valence-corrected chi connectivity index (χ4v) is 2.63. The van der Waals surface area contributed by atoms with E-state index in [0.717, 1.165) is 25.9 Å². The van der Waals surface area contributed by atoms with Crippen LogP contribution in [0.5, 0.6) is 0 Å². The molecule has 5 N–H and O–H groups in total. The SMILES string of the molecule is COCC(N)C(=O)Nc1ccc(NC(=O)NC2CCN(C)CC2)cc1. The molecule has 1 heterocycles. The van der Waals surface area contributed by atoms with Crippen molar-refractivity contribution in [3.8, 4) is 0 Å². The lowest BCUT2D eigenvalue weighted by molar-refractivity contribution is -0.118. The standard InChI is InChI=1S/C17H27N5O3/c1-22-9-7-14(8-10-22)21-17(24)20-13-5-3-12(4-6-13)19-16(23)15(18)11-25-2/h3-6,14-15H,7-11,18H2,1-2H3,(H,19,23)(H2,20,21,24). The molecule has 1 saturated heterocycles. The minimum atomic E-state index is -0.719. The van der Waals surface area contributed by atoms with Crippen LogP contribution in [0.3, 0.4) is 0 Å². The summed E-state index contributed by atoms with van der Waals surface area (Å²) in [4.78, 5) is 26.1. The molecule has 0 spiro atoms. The molecule has 0 radical (unpaired) electrons. The second kappa shape index (κ2) is 9.36. The van der Waals surface area contributed by atoms with E-state index in [4.69, 9.17) is 10.5 Å². The molecule has 0 aromatic heterocycles. The van der Waals surface area contributed by atoms with Gasteiger partial charge in [0.05, 0.1) is 6.61 Å². The molecule has 0 saturated carbocycles. The molecule has 1 atom stereocenters.